The van der Waals surface area contributed by atoms with Gasteiger partial charge < -0.3 is 29.7 Å². The number of ether oxygens (including phenoxy) is 1. The molecule has 14 heteroatoms. The van der Waals surface area contributed by atoms with Crippen LogP contribution in [0.5, 0.6) is 5.75 Å². The number of piperidine rings is 1. The molecule has 2 N–H and O–H groups in total. The number of rotatable bonds is 10. The number of piperazine rings is 1. The van der Waals surface area contributed by atoms with Crippen LogP contribution in [0, 0.1) is 11.5 Å². The average Bonchev–Trinajstić information content (AvgIpc) is 3.15. The smallest absolute Gasteiger partial charge is 0.229 e. The molecule has 2 saturated heterocycles. The van der Waals surface area contributed by atoms with E-state index in [0.717, 1.165) is 62.7 Å². The van der Waals surface area contributed by atoms with Crippen molar-refractivity contribution in [3.05, 3.63) is 64.7 Å². The fraction of sp³-hybridized carbons (Fsp3) is 0.450. The van der Waals surface area contributed by atoms with E-state index >= 15 is 0 Å². The second-order valence-electron chi connectivity index (χ2n) is 15.6. The third-order valence-corrected chi connectivity index (χ3v) is 12.9. The van der Waals surface area contributed by atoms with Crippen LogP contribution in [0.3, 0.4) is 0 Å². The monoisotopic (exact) mass is 829 g/mol. The summed E-state index contributed by atoms with van der Waals surface area (Å²) in [4.78, 5) is 26.2. The van der Waals surface area contributed by atoms with Gasteiger partial charge in [0.2, 0.25) is 5.95 Å². The van der Waals surface area contributed by atoms with Crippen LogP contribution in [0.4, 0.5) is 28.8 Å². The highest BCUT2D eigenvalue weighted by Gasteiger charge is 2.28. The van der Waals surface area contributed by atoms with Crippen LogP contribution in [0.1, 0.15) is 31.0 Å². The second-order valence-corrected chi connectivity index (χ2v) is 24.4. The van der Waals surface area contributed by atoms with Crippen molar-refractivity contribution in [2.24, 2.45) is 0 Å². The molecule has 0 bridgehead atoms. The maximum atomic E-state index is 13.7. The first kappa shape index (κ1) is 39.9. The third-order valence-electron chi connectivity index (χ3n) is 9.96. The van der Waals surface area contributed by atoms with Gasteiger partial charge in [0.05, 0.1) is 41.0 Å². The Morgan fingerprint density at radius 3 is 2.37 bits per heavy atom. The van der Waals surface area contributed by atoms with Gasteiger partial charge in [-0.3, -0.25) is 9.88 Å². The molecule has 2 fully saturated rings. The lowest BCUT2D eigenvalue weighted by atomic mass is 9.99. The number of anilines is 5. The Morgan fingerprint density at radius 2 is 1.70 bits per heavy atom. The average molecular weight is 831 g/mol. The van der Waals surface area contributed by atoms with E-state index in [-0.39, 0.29) is 0 Å². The van der Waals surface area contributed by atoms with Crippen LogP contribution in [-0.2, 0) is 11.0 Å². The Labute approximate surface area is 330 Å². The predicted molar refractivity (Wildman–Crippen MR) is 230 cm³/mol. The van der Waals surface area contributed by atoms with E-state index in [2.05, 4.69) is 108 Å². The number of aryl methyl sites for hydroxylation is 1. The van der Waals surface area contributed by atoms with Crippen LogP contribution in [-0.4, -0.2) is 111 Å². The molecule has 0 aliphatic carbocycles. The summed E-state index contributed by atoms with van der Waals surface area (Å²) in [5.41, 5.74) is 9.43. The van der Waals surface area contributed by atoms with Crippen LogP contribution in [0.15, 0.2) is 53.4 Å². The minimum absolute atomic E-state index is 0.405. The zero-order chi connectivity index (χ0) is 38.6. The molecular weight excluding hydrogens is 777 g/mol. The molecule has 4 aromatic rings. The molecule has 0 saturated carbocycles. The molecule has 0 amide bonds. The van der Waals surface area contributed by atoms with E-state index in [9.17, 15) is 4.57 Å². The Bertz CT molecular complexity index is 2080. The van der Waals surface area contributed by atoms with Gasteiger partial charge in [0.15, 0.2) is 0 Å². The quantitative estimate of drug-likeness (QED) is 0.0946. The summed E-state index contributed by atoms with van der Waals surface area (Å²) in [5, 5.41) is 7.52. The molecule has 0 unspecified atom stereocenters. The van der Waals surface area contributed by atoms with Crippen LogP contribution >= 0.6 is 23.1 Å². The highest BCUT2D eigenvalue weighted by atomic mass is 79.9. The van der Waals surface area contributed by atoms with Crippen LogP contribution < -0.4 is 25.6 Å². The van der Waals surface area contributed by atoms with Gasteiger partial charge in [0.1, 0.15) is 32.5 Å². The molecule has 0 atom stereocenters. The Morgan fingerprint density at radius 1 is 0.963 bits per heavy atom. The number of hydrogen-bond acceptors (Lipinski definition) is 11. The molecule has 4 heterocycles. The fourth-order valence-corrected chi connectivity index (χ4v) is 8.89. The summed E-state index contributed by atoms with van der Waals surface area (Å²) in [5.74, 6) is 4.86. The van der Waals surface area contributed by atoms with E-state index in [1.807, 2.05) is 18.2 Å². The zero-order valence-electron chi connectivity index (χ0n) is 32.8. The van der Waals surface area contributed by atoms with Crippen molar-refractivity contribution in [2.75, 3.05) is 82.3 Å². The summed E-state index contributed by atoms with van der Waals surface area (Å²) in [6.07, 6.45) is 8.32. The van der Waals surface area contributed by atoms with Crippen LogP contribution in [0.25, 0.3) is 11.3 Å². The first-order valence-corrected chi connectivity index (χ1v) is 25.6. The standard InChI is InChI=1S/C40H53BrN9O2PSi/c1-9-28-22-34(37(52-3)24-36(28)50-15-12-31(13-16-50)49-19-17-48(2)18-20-49)46-40-43-26-32(41)39(47-40)45-33-11-10-29(23-38(33)53(4,5)51)35-27-42-25-30(44-35)14-21-54(6,7)8/h10-11,22-27,31H,9,12-13,15-20H2,1-8H3,(H2,43,45,46,47). The molecule has 2 aliphatic heterocycles. The van der Waals surface area contributed by atoms with Gasteiger partial charge in [-0.15, -0.1) is 5.54 Å². The predicted octanol–water partition coefficient (Wildman–Crippen LogP) is 7.45. The van der Waals surface area contributed by atoms with Gasteiger partial charge >= 0.3 is 0 Å². The molecule has 2 aromatic carbocycles. The molecule has 6 rings (SSSR count). The van der Waals surface area contributed by atoms with Gasteiger partial charge in [0.25, 0.3) is 0 Å². The lowest BCUT2D eigenvalue weighted by Crippen LogP contribution is -2.52. The number of likely N-dealkylation sites (N-methyl/N-ethyl adjacent to an activating group) is 1. The van der Waals surface area contributed by atoms with Crippen molar-refractivity contribution < 1.29 is 9.30 Å². The minimum Gasteiger partial charge on any atom is -0.494 e. The van der Waals surface area contributed by atoms with Crippen molar-refractivity contribution in [3.8, 4) is 28.5 Å². The molecule has 0 radical (unpaired) electrons. The second kappa shape index (κ2) is 16.9. The maximum Gasteiger partial charge on any atom is 0.229 e. The van der Waals surface area contributed by atoms with E-state index in [1.54, 1.807) is 39.0 Å². The van der Waals surface area contributed by atoms with Gasteiger partial charge in [-0.25, -0.2) is 9.97 Å². The number of nitrogens with one attached hydrogen (secondary N) is 2. The number of hydrogen-bond donors (Lipinski definition) is 2. The molecule has 2 aromatic heterocycles. The molecule has 2 aliphatic rings. The SMILES string of the molecule is CCc1cc(Nc2ncc(Br)c(Nc3ccc(-c4cncc(C#C[Si](C)(C)C)n4)cc3P(C)(C)=O)n2)c(OC)cc1N1CCC(N2CCN(C)CC2)CC1. The van der Waals surface area contributed by atoms with E-state index in [1.165, 1.54) is 24.1 Å². The molecule has 0 spiro atoms. The summed E-state index contributed by atoms with van der Waals surface area (Å²) in [6, 6.07) is 10.8. The number of nitrogens with zero attached hydrogens (tertiary/aromatic N) is 7. The van der Waals surface area contributed by atoms with Crippen molar-refractivity contribution in [1.29, 1.82) is 0 Å². The summed E-state index contributed by atoms with van der Waals surface area (Å²) < 4.78 is 20.3. The van der Waals surface area contributed by atoms with E-state index < -0.39 is 15.2 Å². The van der Waals surface area contributed by atoms with Crippen molar-refractivity contribution >= 4 is 65.3 Å². The van der Waals surface area contributed by atoms with Crippen molar-refractivity contribution in [2.45, 2.75) is 51.9 Å². The van der Waals surface area contributed by atoms with E-state index in [4.69, 9.17) is 14.7 Å². The summed E-state index contributed by atoms with van der Waals surface area (Å²) in [6.45, 7) is 19.0. The van der Waals surface area contributed by atoms with Crippen LogP contribution in [0.2, 0.25) is 19.6 Å². The highest BCUT2D eigenvalue weighted by molar-refractivity contribution is 9.10. The topological polar surface area (TPSA) is 112 Å². The number of halogens is 1. The molecule has 54 heavy (non-hydrogen) atoms. The van der Waals surface area contributed by atoms with Crippen molar-refractivity contribution in [3.63, 3.8) is 0 Å². The lowest BCUT2D eigenvalue weighted by molar-refractivity contribution is 0.0982. The maximum absolute atomic E-state index is 13.7. The molecule has 286 valence electrons. The lowest BCUT2D eigenvalue weighted by Gasteiger charge is -2.43. The normalized spacial score (nSPS) is 16.1. The van der Waals surface area contributed by atoms with Crippen molar-refractivity contribution in [1.82, 2.24) is 29.7 Å². The minimum atomic E-state index is -2.75. The van der Waals surface area contributed by atoms with Gasteiger partial charge in [-0.2, -0.15) is 4.98 Å². The van der Waals surface area contributed by atoms with Gasteiger partial charge in [-0.05, 0) is 79.3 Å². The first-order valence-electron chi connectivity index (χ1n) is 18.7. The van der Waals surface area contributed by atoms with Gasteiger partial charge in [0, 0.05) is 74.1 Å². The largest absolute Gasteiger partial charge is 0.494 e. The molecule has 11 nitrogen and oxygen atoms in total. The Balaban J connectivity index is 1.21. The molecular formula is C40H53BrN9O2PSi. The highest BCUT2D eigenvalue weighted by Crippen LogP contribution is 2.41. The number of methoxy groups -OCH3 is 1. The third kappa shape index (κ3) is 9.89. The van der Waals surface area contributed by atoms with Gasteiger partial charge in [-0.1, -0.05) is 38.6 Å². The van der Waals surface area contributed by atoms with E-state index in [0.29, 0.717) is 44.7 Å². The summed E-state index contributed by atoms with van der Waals surface area (Å²) >= 11 is 3.62. The number of aromatic nitrogens is 4. The Hall–Kier alpha value is -3.79. The number of benzene rings is 2. The Kier molecular flexibility index (Phi) is 12.5. The summed E-state index contributed by atoms with van der Waals surface area (Å²) in [7, 11) is -0.409. The first-order chi connectivity index (χ1) is 25.7. The zero-order valence-corrected chi connectivity index (χ0v) is 36.3. The fourth-order valence-electron chi connectivity index (χ4n) is 6.94.